The summed E-state index contributed by atoms with van der Waals surface area (Å²) >= 11 is 0. The molecule has 0 radical (unpaired) electrons. The van der Waals surface area contributed by atoms with Gasteiger partial charge in [-0.3, -0.25) is 4.90 Å². The standard InChI is InChI=1S/C18H30N2O/c1-5-10-19-18(17-8-6-14(2)7-9-17)12-20-11-16(4)21-13-15(20)3/h6-9,15-16,18-19H,5,10-13H2,1-4H3. The molecule has 3 atom stereocenters. The molecule has 2 rings (SSSR count). The van der Waals surface area contributed by atoms with Crippen molar-refractivity contribution in [1.29, 1.82) is 0 Å². The zero-order valence-corrected chi connectivity index (χ0v) is 13.9. The molecule has 3 nitrogen and oxygen atoms in total. The van der Waals surface area contributed by atoms with E-state index in [-0.39, 0.29) is 0 Å². The fourth-order valence-corrected chi connectivity index (χ4v) is 2.87. The van der Waals surface area contributed by atoms with Gasteiger partial charge in [-0.05, 0) is 39.3 Å². The Morgan fingerprint density at radius 2 is 2.00 bits per heavy atom. The zero-order chi connectivity index (χ0) is 15.2. The highest BCUT2D eigenvalue weighted by Crippen LogP contribution is 2.19. The molecule has 0 aromatic heterocycles. The van der Waals surface area contributed by atoms with Crippen molar-refractivity contribution < 1.29 is 4.74 Å². The van der Waals surface area contributed by atoms with Gasteiger partial charge in [-0.2, -0.15) is 0 Å². The van der Waals surface area contributed by atoms with E-state index in [1.165, 1.54) is 11.1 Å². The Morgan fingerprint density at radius 1 is 1.29 bits per heavy atom. The summed E-state index contributed by atoms with van der Waals surface area (Å²) < 4.78 is 5.74. The third-order valence-electron chi connectivity index (χ3n) is 4.27. The van der Waals surface area contributed by atoms with Crippen LogP contribution >= 0.6 is 0 Å². The van der Waals surface area contributed by atoms with E-state index in [0.29, 0.717) is 18.2 Å². The molecule has 1 aromatic carbocycles. The van der Waals surface area contributed by atoms with Crippen LogP contribution in [0.1, 0.15) is 44.4 Å². The largest absolute Gasteiger partial charge is 0.376 e. The van der Waals surface area contributed by atoms with Gasteiger partial charge in [-0.25, -0.2) is 0 Å². The maximum atomic E-state index is 5.74. The molecule has 0 aliphatic carbocycles. The van der Waals surface area contributed by atoms with E-state index in [1.807, 2.05) is 0 Å². The van der Waals surface area contributed by atoms with E-state index in [9.17, 15) is 0 Å². The van der Waals surface area contributed by atoms with Gasteiger partial charge in [0.1, 0.15) is 0 Å². The molecule has 21 heavy (non-hydrogen) atoms. The first-order valence-electron chi connectivity index (χ1n) is 8.25. The van der Waals surface area contributed by atoms with Gasteiger partial charge in [0.2, 0.25) is 0 Å². The van der Waals surface area contributed by atoms with Gasteiger partial charge in [0, 0.05) is 25.2 Å². The Kier molecular flexibility index (Phi) is 6.22. The predicted molar refractivity (Wildman–Crippen MR) is 88.7 cm³/mol. The van der Waals surface area contributed by atoms with Crippen LogP contribution in [0.25, 0.3) is 0 Å². The molecule has 3 heteroatoms. The molecule has 0 amide bonds. The normalized spacial score (nSPS) is 25.0. The molecule has 0 spiro atoms. The second-order valence-electron chi connectivity index (χ2n) is 6.36. The fourth-order valence-electron chi connectivity index (χ4n) is 2.87. The quantitative estimate of drug-likeness (QED) is 0.871. The first kappa shape index (κ1) is 16.5. The average Bonchev–Trinajstić information content (AvgIpc) is 2.48. The fraction of sp³-hybridized carbons (Fsp3) is 0.667. The maximum absolute atomic E-state index is 5.74. The molecule has 1 aliphatic heterocycles. The molecule has 0 saturated carbocycles. The number of nitrogens with one attached hydrogen (secondary N) is 1. The molecular formula is C18H30N2O. The van der Waals surface area contributed by atoms with Gasteiger partial charge in [0.05, 0.1) is 12.7 Å². The monoisotopic (exact) mass is 290 g/mol. The summed E-state index contributed by atoms with van der Waals surface area (Å²) in [5, 5.41) is 3.71. The van der Waals surface area contributed by atoms with E-state index in [2.05, 4.69) is 62.2 Å². The number of hydrogen-bond donors (Lipinski definition) is 1. The second-order valence-corrected chi connectivity index (χ2v) is 6.36. The number of morpholine rings is 1. The van der Waals surface area contributed by atoms with Gasteiger partial charge in [-0.1, -0.05) is 36.8 Å². The summed E-state index contributed by atoms with van der Waals surface area (Å²) in [6.45, 7) is 12.8. The zero-order valence-electron chi connectivity index (χ0n) is 13.9. The molecule has 1 aliphatic rings. The molecule has 1 fully saturated rings. The van der Waals surface area contributed by atoms with E-state index in [0.717, 1.165) is 32.7 Å². The molecule has 0 bridgehead atoms. The maximum Gasteiger partial charge on any atom is 0.0674 e. The molecule has 118 valence electrons. The van der Waals surface area contributed by atoms with Crippen LogP contribution in [-0.2, 0) is 4.74 Å². The number of hydrogen-bond acceptors (Lipinski definition) is 3. The Bertz CT molecular complexity index is 418. The molecule has 1 aromatic rings. The number of ether oxygens (including phenoxy) is 1. The first-order chi connectivity index (χ1) is 10.1. The molecule has 3 unspecified atom stereocenters. The van der Waals surface area contributed by atoms with Gasteiger partial charge >= 0.3 is 0 Å². The Balaban J connectivity index is 2.06. The van der Waals surface area contributed by atoms with Crippen molar-refractivity contribution in [2.75, 3.05) is 26.2 Å². The second kappa shape index (κ2) is 7.92. The summed E-state index contributed by atoms with van der Waals surface area (Å²) in [7, 11) is 0. The molecular weight excluding hydrogens is 260 g/mol. The van der Waals surface area contributed by atoms with Crippen LogP contribution in [0, 0.1) is 6.92 Å². The van der Waals surface area contributed by atoms with Gasteiger partial charge in [0.25, 0.3) is 0 Å². The smallest absolute Gasteiger partial charge is 0.0674 e. The lowest BCUT2D eigenvalue weighted by atomic mass is 10.0. The van der Waals surface area contributed by atoms with Crippen LogP contribution in [0.3, 0.4) is 0 Å². The summed E-state index contributed by atoms with van der Waals surface area (Å²) in [5.41, 5.74) is 2.71. The lowest BCUT2D eigenvalue weighted by Gasteiger charge is -2.39. The molecule has 1 heterocycles. The van der Waals surface area contributed by atoms with Crippen LogP contribution < -0.4 is 5.32 Å². The summed E-state index contributed by atoms with van der Waals surface area (Å²) in [6, 6.07) is 9.84. The summed E-state index contributed by atoms with van der Waals surface area (Å²) in [6.07, 6.45) is 1.50. The van der Waals surface area contributed by atoms with Crippen molar-refractivity contribution in [1.82, 2.24) is 10.2 Å². The van der Waals surface area contributed by atoms with Crippen LogP contribution in [-0.4, -0.2) is 43.3 Å². The number of nitrogens with zero attached hydrogens (tertiary/aromatic N) is 1. The van der Waals surface area contributed by atoms with Gasteiger partial charge in [-0.15, -0.1) is 0 Å². The molecule has 1 N–H and O–H groups in total. The van der Waals surface area contributed by atoms with E-state index >= 15 is 0 Å². The van der Waals surface area contributed by atoms with Crippen molar-refractivity contribution in [2.24, 2.45) is 0 Å². The minimum absolute atomic E-state index is 0.339. The minimum Gasteiger partial charge on any atom is -0.376 e. The number of rotatable bonds is 6. The third-order valence-corrected chi connectivity index (χ3v) is 4.27. The highest BCUT2D eigenvalue weighted by atomic mass is 16.5. The van der Waals surface area contributed by atoms with Gasteiger partial charge < -0.3 is 10.1 Å². The van der Waals surface area contributed by atoms with Crippen LogP contribution in [0.15, 0.2) is 24.3 Å². The SMILES string of the molecule is CCCNC(CN1CC(C)OCC1C)c1ccc(C)cc1. The highest BCUT2D eigenvalue weighted by molar-refractivity contribution is 5.24. The lowest BCUT2D eigenvalue weighted by Crippen LogP contribution is -2.50. The Labute approximate surface area is 129 Å². The number of aryl methyl sites for hydroxylation is 1. The van der Waals surface area contributed by atoms with E-state index in [4.69, 9.17) is 4.74 Å². The van der Waals surface area contributed by atoms with Crippen molar-refractivity contribution in [3.05, 3.63) is 35.4 Å². The van der Waals surface area contributed by atoms with Crippen molar-refractivity contribution in [2.45, 2.75) is 52.3 Å². The highest BCUT2D eigenvalue weighted by Gasteiger charge is 2.26. The van der Waals surface area contributed by atoms with Crippen molar-refractivity contribution in [3.8, 4) is 0 Å². The Morgan fingerprint density at radius 3 is 2.67 bits per heavy atom. The van der Waals surface area contributed by atoms with Crippen molar-refractivity contribution >= 4 is 0 Å². The summed E-state index contributed by atoms with van der Waals surface area (Å²) in [4.78, 5) is 2.56. The van der Waals surface area contributed by atoms with Gasteiger partial charge in [0.15, 0.2) is 0 Å². The number of benzene rings is 1. The van der Waals surface area contributed by atoms with E-state index < -0.39 is 0 Å². The van der Waals surface area contributed by atoms with Crippen LogP contribution in [0.5, 0.6) is 0 Å². The van der Waals surface area contributed by atoms with Crippen LogP contribution in [0.4, 0.5) is 0 Å². The third kappa shape index (κ3) is 4.80. The molecule has 1 saturated heterocycles. The van der Waals surface area contributed by atoms with Crippen molar-refractivity contribution in [3.63, 3.8) is 0 Å². The van der Waals surface area contributed by atoms with Crippen LogP contribution in [0.2, 0.25) is 0 Å². The average molecular weight is 290 g/mol. The Hall–Kier alpha value is -0.900. The lowest BCUT2D eigenvalue weighted by molar-refractivity contribution is -0.0521. The first-order valence-corrected chi connectivity index (χ1v) is 8.25. The summed E-state index contributed by atoms with van der Waals surface area (Å²) in [5.74, 6) is 0. The van der Waals surface area contributed by atoms with E-state index in [1.54, 1.807) is 0 Å². The minimum atomic E-state index is 0.339. The topological polar surface area (TPSA) is 24.5 Å². The predicted octanol–water partition coefficient (Wildman–Crippen LogP) is 3.14.